The number of urea groups is 1. The van der Waals surface area contributed by atoms with Gasteiger partial charge in [0.2, 0.25) is 0 Å². The van der Waals surface area contributed by atoms with Crippen LogP contribution in [0.4, 0.5) is 21.1 Å². The molecule has 1 unspecified atom stereocenters. The number of aliphatic hydroxyl groups is 1. The predicted octanol–water partition coefficient (Wildman–Crippen LogP) is 3.17. The van der Waals surface area contributed by atoms with E-state index in [9.17, 15) is 9.59 Å². The highest BCUT2D eigenvalue weighted by Gasteiger charge is 2.32. The van der Waals surface area contributed by atoms with Crippen molar-refractivity contribution in [2.24, 2.45) is 0 Å². The smallest absolute Gasteiger partial charge is 0.410 e. The summed E-state index contributed by atoms with van der Waals surface area (Å²) in [5.74, 6) is 1.46. The number of nitrogens with zero attached hydrogens (tertiary/aromatic N) is 4. The normalized spacial score (nSPS) is 17.6. The Balaban J connectivity index is 1.66. The number of carbonyl (C=O) groups excluding carboxylic acids is 2. The van der Waals surface area contributed by atoms with Crippen molar-refractivity contribution in [2.45, 2.75) is 58.7 Å². The van der Waals surface area contributed by atoms with Crippen LogP contribution in [0.2, 0.25) is 0 Å². The first-order valence-electron chi connectivity index (χ1n) is 13.2. The van der Waals surface area contributed by atoms with E-state index in [-0.39, 0.29) is 31.3 Å². The lowest BCUT2D eigenvalue weighted by atomic mass is 10.0. The van der Waals surface area contributed by atoms with Crippen LogP contribution in [0.15, 0.2) is 24.3 Å². The number of carbonyl (C=O) groups is 2. The van der Waals surface area contributed by atoms with E-state index >= 15 is 0 Å². The van der Waals surface area contributed by atoms with Gasteiger partial charge in [-0.2, -0.15) is 0 Å². The summed E-state index contributed by atoms with van der Waals surface area (Å²) in [7, 11) is 0. The van der Waals surface area contributed by atoms with Crippen molar-refractivity contribution in [1.29, 1.82) is 0 Å². The minimum atomic E-state index is -0.577. The van der Waals surface area contributed by atoms with Gasteiger partial charge in [-0.05, 0) is 57.9 Å². The number of anilines is 2. The van der Waals surface area contributed by atoms with Gasteiger partial charge in [0.15, 0.2) is 5.82 Å². The summed E-state index contributed by atoms with van der Waals surface area (Å²) in [5.41, 5.74) is 2.71. The topological polar surface area (TPSA) is 129 Å². The summed E-state index contributed by atoms with van der Waals surface area (Å²) in [5, 5.41) is 14.2. The zero-order chi connectivity index (χ0) is 27.3. The van der Waals surface area contributed by atoms with Crippen LogP contribution in [0.1, 0.15) is 45.4 Å². The number of aromatic nitrogens is 2. The molecule has 1 saturated heterocycles. The van der Waals surface area contributed by atoms with Crippen molar-refractivity contribution in [3.8, 4) is 11.4 Å². The third kappa shape index (κ3) is 6.70. The fourth-order valence-corrected chi connectivity index (χ4v) is 4.58. The van der Waals surface area contributed by atoms with Crippen molar-refractivity contribution in [3.63, 3.8) is 0 Å². The molecule has 1 aromatic carbocycles. The molecule has 1 fully saturated rings. The number of ether oxygens (including phenoxy) is 2. The Kier molecular flexibility index (Phi) is 8.68. The highest BCUT2D eigenvalue weighted by molar-refractivity contribution is 5.89. The Hall–Kier alpha value is -3.44. The molecule has 1 atom stereocenters. The molecule has 0 spiro atoms. The Morgan fingerprint density at radius 2 is 1.95 bits per heavy atom. The number of amides is 3. The summed E-state index contributed by atoms with van der Waals surface area (Å²) in [6.07, 6.45) is 1.22. The van der Waals surface area contributed by atoms with Gasteiger partial charge in [0, 0.05) is 36.4 Å². The van der Waals surface area contributed by atoms with Crippen molar-refractivity contribution in [1.82, 2.24) is 20.2 Å². The van der Waals surface area contributed by atoms with E-state index in [0.29, 0.717) is 44.2 Å². The molecule has 206 valence electrons. The van der Waals surface area contributed by atoms with E-state index in [1.165, 1.54) is 0 Å². The van der Waals surface area contributed by atoms with Gasteiger partial charge in [0.25, 0.3) is 0 Å². The summed E-state index contributed by atoms with van der Waals surface area (Å²) < 4.78 is 11.4. The zero-order valence-electron chi connectivity index (χ0n) is 22.6. The average Bonchev–Trinajstić information content (AvgIpc) is 2.90. The van der Waals surface area contributed by atoms with Gasteiger partial charge in [0.1, 0.15) is 11.4 Å². The molecule has 3 N–H and O–H groups in total. The van der Waals surface area contributed by atoms with Crippen LogP contribution in [0.3, 0.4) is 0 Å². The molecule has 11 heteroatoms. The number of rotatable bonds is 6. The SMILES string of the molecule is CCC1COCCN1c1nc(-c2ccc(NC(=O)NCCO)cc2)nc2c1CCN(C(=O)OC(C)(C)C)C2. The Bertz CT molecular complexity index is 1130. The maximum absolute atomic E-state index is 12.8. The Morgan fingerprint density at radius 3 is 2.63 bits per heavy atom. The molecule has 2 aromatic rings. The molecular formula is C27H38N6O5. The second-order valence-electron chi connectivity index (χ2n) is 10.5. The van der Waals surface area contributed by atoms with Crippen molar-refractivity contribution < 1.29 is 24.2 Å². The second kappa shape index (κ2) is 12.0. The van der Waals surface area contributed by atoms with Gasteiger partial charge >= 0.3 is 12.1 Å². The Labute approximate surface area is 223 Å². The van der Waals surface area contributed by atoms with E-state index in [0.717, 1.165) is 35.6 Å². The van der Waals surface area contributed by atoms with Crippen LogP contribution in [0.5, 0.6) is 0 Å². The van der Waals surface area contributed by atoms with Crippen LogP contribution in [0.25, 0.3) is 11.4 Å². The number of benzene rings is 1. The molecule has 2 aliphatic rings. The molecule has 0 aliphatic carbocycles. The van der Waals surface area contributed by atoms with E-state index in [1.807, 2.05) is 32.9 Å². The zero-order valence-corrected chi connectivity index (χ0v) is 22.6. The monoisotopic (exact) mass is 526 g/mol. The van der Waals surface area contributed by atoms with Gasteiger partial charge < -0.3 is 35.0 Å². The maximum Gasteiger partial charge on any atom is 0.410 e. The van der Waals surface area contributed by atoms with Gasteiger partial charge in [0.05, 0.1) is 38.1 Å². The van der Waals surface area contributed by atoms with Crippen LogP contribution >= 0.6 is 0 Å². The molecule has 11 nitrogen and oxygen atoms in total. The number of fused-ring (bicyclic) bond motifs is 1. The number of morpholine rings is 1. The second-order valence-corrected chi connectivity index (χ2v) is 10.5. The van der Waals surface area contributed by atoms with Crippen LogP contribution < -0.4 is 15.5 Å². The van der Waals surface area contributed by atoms with E-state index in [2.05, 4.69) is 22.5 Å². The number of hydrogen-bond acceptors (Lipinski definition) is 8. The van der Waals surface area contributed by atoms with E-state index in [4.69, 9.17) is 24.5 Å². The van der Waals surface area contributed by atoms with Gasteiger partial charge in [-0.3, -0.25) is 0 Å². The lowest BCUT2D eigenvalue weighted by Gasteiger charge is -2.39. The number of nitrogens with one attached hydrogen (secondary N) is 2. The predicted molar refractivity (Wildman–Crippen MR) is 144 cm³/mol. The highest BCUT2D eigenvalue weighted by Crippen LogP contribution is 2.32. The highest BCUT2D eigenvalue weighted by atomic mass is 16.6. The fraction of sp³-hybridized carbons (Fsp3) is 0.556. The first-order chi connectivity index (χ1) is 18.2. The molecule has 0 bridgehead atoms. The van der Waals surface area contributed by atoms with Crippen molar-refractivity contribution in [2.75, 3.05) is 49.7 Å². The summed E-state index contributed by atoms with van der Waals surface area (Å²) in [4.78, 5) is 38.7. The lowest BCUT2D eigenvalue weighted by molar-refractivity contribution is 0.0220. The molecule has 2 aliphatic heterocycles. The molecule has 4 rings (SSSR count). The van der Waals surface area contributed by atoms with Gasteiger partial charge in [-0.15, -0.1) is 0 Å². The Morgan fingerprint density at radius 1 is 1.18 bits per heavy atom. The molecule has 1 aromatic heterocycles. The van der Waals surface area contributed by atoms with Gasteiger partial charge in [-0.25, -0.2) is 19.6 Å². The maximum atomic E-state index is 12.8. The van der Waals surface area contributed by atoms with Crippen LogP contribution in [0, 0.1) is 0 Å². The minimum absolute atomic E-state index is 0.127. The van der Waals surface area contributed by atoms with Gasteiger partial charge in [-0.1, -0.05) is 6.92 Å². The van der Waals surface area contributed by atoms with Crippen molar-refractivity contribution in [3.05, 3.63) is 35.5 Å². The standard InChI is InChI=1S/C27H38N6O5/c1-5-20-17-37-15-13-33(20)24-21-10-12-32(26(36)38-27(2,3)4)16-22(21)30-23(31-24)18-6-8-19(9-7-18)29-25(35)28-11-14-34/h6-9,20,34H,5,10-17H2,1-4H3,(H2,28,29,35). The van der Waals surface area contributed by atoms with E-state index in [1.54, 1.807) is 17.0 Å². The van der Waals surface area contributed by atoms with Crippen LogP contribution in [-0.2, 0) is 22.4 Å². The molecule has 3 amide bonds. The molecule has 0 radical (unpaired) electrons. The lowest BCUT2D eigenvalue weighted by Crippen LogP contribution is -2.47. The summed E-state index contributed by atoms with van der Waals surface area (Å²) in [6, 6.07) is 7.11. The quantitative estimate of drug-likeness (QED) is 0.524. The number of hydrogen-bond donors (Lipinski definition) is 3. The summed E-state index contributed by atoms with van der Waals surface area (Å²) >= 11 is 0. The van der Waals surface area contributed by atoms with Crippen LogP contribution in [-0.4, -0.2) is 83.2 Å². The largest absolute Gasteiger partial charge is 0.444 e. The van der Waals surface area contributed by atoms with Crippen molar-refractivity contribution >= 4 is 23.6 Å². The first kappa shape index (κ1) is 27.6. The number of aliphatic hydroxyl groups excluding tert-OH is 1. The fourth-order valence-electron chi connectivity index (χ4n) is 4.58. The molecule has 38 heavy (non-hydrogen) atoms. The van der Waals surface area contributed by atoms with E-state index < -0.39 is 5.60 Å². The molecule has 3 heterocycles. The average molecular weight is 527 g/mol. The molecule has 0 saturated carbocycles. The summed E-state index contributed by atoms with van der Waals surface area (Å²) in [6.45, 7) is 10.7. The third-order valence-electron chi connectivity index (χ3n) is 6.46. The minimum Gasteiger partial charge on any atom is -0.444 e. The third-order valence-corrected chi connectivity index (χ3v) is 6.46. The first-order valence-corrected chi connectivity index (χ1v) is 13.2. The molecular weight excluding hydrogens is 488 g/mol.